The molecule has 2 saturated heterocycles. The van der Waals surface area contributed by atoms with Crippen LogP contribution >= 0.6 is 0 Å². The van der Waals surface area contributed by atoms with Gasteiger partial charge in [-0.25, -0.2) is 9.97 Å². The summed E-state index contributed by atoms with van der Waals surface area (Å²) in [6.07, 6.45) is 4.65. The zero-order valence-electron chi connectivity index (χ0n) is 24.0. The Labute approximate surface area is 240 Å². The van der Waals surface area contributed by atoms with Gasteiger partial charge in [0.25, 0.3) is 0 Å². The Morgan fingerprint density at radius 3 is 2.61 bits per heavy atom. The summed E-state index contributed by atoms with van der Waals surface area (Å²) in [7, 11) is 1.70. The minimum atomic E-state index is 0.106. The Balaban J connectivity index is 1.31. The highest BCUT2D eigenvalue weighted by atomic mass is 16.5. The number of benzene rings is 1. The molecule has 2 atom stereocenters. The number of fused-ring (bicyclic) bond motifs is 1. The number of nitrogens with zero attached hydrogens (tertiary/aromatic N) is 6. The highest BCUT2D eigenvalue weighted by molar-refractivity contribution is 5.90. The van der Waals surface area contributed by atoms with Gasteiger partial charge in [0.15, 0.2) is 5.65 Å². The minimum Gasteiger partial charge on any atom is -0.496 e. The van der Waals surface area contributed by atoms with Gasteiger partial charge in [0.05, 0.1) is 49.9 Å². The SMILES string of the molecule is COc1ccc(-c2ccc3c(N4CCOCC4)nc(N4CC(C)OC(C)C4)nc3n2)cc1CNCCc1cnc[nH]1. The quantitative estimate of drug-likeness (QED) is 0.297. The summed E-state index contributed by atoms with van der Waals surface area (Å²) in [6.45, 7) is 10.1. The highest BCUT2D eigenvalue weighted by Crippen LogP contribution is 2.31. The van der Waals surface area contributed by atoms with Gasteiger partial charge in [-0.1, -0.05) is 0 Å². The van der Waals surface area contributed by atoms with Crippen molar-refractivity contribution in [1.29, 1.82) is 0 Å². The Morgan fingerprint density at radius 2 is 1.85 bits per heavy atom. The van der Waals surface area contributed by atoms with Gasteiger partial charge in [0.2, 0.25) is 5.95 Å². The molecule has 0 radical (unpaired) electrons. The molecule has 6 rings (SSSR count). The van der Waals surface area contributed by atoms with Crippen molar-refractivity contribution < 1.29 is 14.2 Å². The van der Waals surface area contributed by atoms with E-state index in [9.17, 15) is 0 Å². The predicted molar refractivity (Wildman–Crippen MR) is 159 cm³/mol. The number of methoxy groups -OCH3 is 1. The lowest BCUT2D eigenvalue weighted by Crippen LogP contribution is -2.46. The molecule has 1 aromatic carbocycles. The lowest BCUT2D eigenvalue weighted by atomic mass is 10.1. The van der Waals surface area contributed by atoms with Crippen LogP contribution in [0.25, 0.3) is 22.3 Å². The van der Waals surface area contributed by atoms with E-state index in [1.807, 2.05) is 12.3 Å². The number of hydrogen-bond acceptors (Lipinski definition) is 10. The molecule has 216 valence electrons. The Bertz CT molecular complexity index is 1450. The van der Waals surface area contributed by atoms with Crippen LogP contribution in [0.1, 0.15) is 25.1 Å². The third kappa shape index (κ3) is 6.27. The largest absolute Gasteiger partial charge is 0.496 e. The first-order valence-electron chi connectivity index (χ1n) is 14.3. The smallest absolute Gasteiger partial charge is 0.229 e. The maximum Gasteiger partial charge on any atom is 0.229 e. The molecule has 0 spiro atoms. The van der Waals surface area contributed by atoms with Crippen LogP contribution in [-0.4, -0.2) is 90.2 Å². The summed E-state index contributed by atoms with van der Waals surface area (Å²) in [5, 5.41) is 4.46. The zero-order chi connectivity index (χ0) is 28.2. The molecule has 11 nitrogen and oxygen atoms in total. The molecule has 11 heteroatoms. The molecule has 2 fully saturated rings. The number of rotatable bonds is 9. The molecular formula is C30H38N8O3. The van der Waals surface area contributed by atoms with E-state index in [0.29, 0.717) is 31.4 Å². The number of nitrogens with one attached hydrogen (secondary N) is 2. The van der Waals surface area contributed by atoms with Crippen LogP contribution in [0.15, 0.2) is 42.9 Å². The molecule has 41 heavy (non-hydrogen) atoms. The number of pyridine rings is 1. The lowest BCUT2D eigenvalue weighted by molar-refractivity contribution is -0.00570. The van der Waals surface area contributed by atoms with Crippen molar-refractivity contribution >= 4 is 22.8 Å². The second kappa shape index (κ2) is 12.4. The van der Waals surface area contributed by atoms with Crippen molar-refractivity contribution in [3.05, 3.63) is 54.1 Å². The molecule has 0 saturated carbocycles. The number of morpholine rings is 2. The summed E-state index contributed by atoms with van der Waals surface area (Å²) in [4.78, 5) is 26.9. The molecule has 4 aromatic rings. The van der Waals surface area contributed by atoms with E-state index in [1.54, 1.807) is 13.4 Å². The summed E-state index contributed by atoms with van der Waals surface area (Å²) in [5.74, 6) is 2.46. The average molecular weight is 559 g/mol. The molecule has 0 aliphatic carbocycles. The number of H-pyrrole nitrogens is 1. The van der Waals surface area contributed by atoms with Crippen molar-refractivity contribution in [1.82, 2.24) is 30.2 Å². The van der Waals surface area contributed by atoms with Gasteiger partial charge >= 0.3 is 0 Å². The predicted octanol–water partition coefficient (Wildman–Crippen LogP) is 3.21. The number of anilines is 2. The molecule has 3 aromatic heterocycles. The lowest BCUT2D eigenvalue weighted by Gasteiger charge is -2.36. The fourth-order valence-electron chi connectivity index (χ4n) is 5.59. The van der Waals surface area contributed by atoms with E-state index in [1.165, 1.54) is 0 Å². The maximum atomic E-state index is 5.97. The van der Waals surface area contributed by atoms with Crippen molar-refractivity contribution in [3.63, 3.8) is 0 Å². The fourth-order valence-corrected chi connectivity index (χ4v) is 5.59. The van der Waals surface area contributed by atoms with Crippen LogP contribution < -0.4 is 19.9 Å². The fraction of sp³-hybridized carbons (Fsp3) is 0.467. The number of aromatic amines is 1. The average Bonchev–Trinajstić information content (AvgIpc) is 3.52. The first kappa shape index (κ1) is 27.4. The first-order valence-corrected chi connectivity index (χ1v) is 14.3. The molecule has 2 aliphatic heterocycles. The number of aromatic nitrogens is 5. The summed E-state index contributed by atoms with van der Waals surface area (Å²) in [5.41, 5.74) is 4.75. The van der Waals surface area contributed by atoms with Crippen molar-refractivity contribution in [3.8, 4) is 17.0 Å². The van der Waals surface area contributed by atoms with Crippen LogP contribution in [0.4, 0.5) is 11.8 Å². The summed E-state index contributed by atoms with van der Waals surface area (Å²) in [6, 6.07) is 10.4. The van der Waals surface area contributed by atoms with Crippen LogP contribution in [0.5, 0.6) is 5.75 Å². The minimum absolute atomic E-state index is 0.106. The van der Waals surface area contributed by atoms with E-state index in [0.717, 1.165) is 78.6 Å². The first-order chi connectivity index (χ1) is 20.1. The van der Waals surface area contributed by atoms with Gasteiger partial charge < -0.3 is 34.3 Å². The summed E-state index contributed by atoms with van der Waals surface area (Å²) < 4.78 is 17.3. The zero-order valence-corrected chi connectivity index (χ0v) is 24.0. The second-order valence-corrected chi connectivity index (χ2v) is 10.7. The molecule has 2 N–H and O–H groups in total. The highest BCUT2D eigenvalue weighted by Gasteiger charge is 2.27. The van der Waals surface area contributed by atoms with Crippen LogP contribution in [0.2, 0.25) is 0 Å². The Kier molecular flexibility index (Phi) is 8.26. The third-order valence-electron chi connectivity index (χ3n) is 7.56. The maximum absolute atomic E-state index is 5.97. The molecule has 2 unspecified atom stereocenters. The third-order valence-corrected chi connectivity index (χ3v) is 7.56. The van der Waals surface area contributed by atoms with E-state index >= 15 is 0 Å². The van der Waals surface area contributed by atoms with Crippen LogP contribution in [0.3, 0.4) is 0 Å². The van der Waals surface area contributed by atoms with Gasteiger partial charge in [-0.3, -0.25) is 0 Å². The van der Waals surface area contributed by atoms with E-state index in [4.69, 9.17) is 29.2 Å². The summed E-state index contributed by atoms with van der Waals surface area (Å²) >= 11 is 0. The molecule has 0 amide bonds. The van der Waals surface area contributed by atoms with Crippen LogP contribution in [-0.2, 0) is 22.4 Å². The topological polar surface area (TPSA) is 114 Å². The number of ether oxygens (including phenoxy) is 3. The van der Waals surface area contributed by atoms with Gasteiger partial charge in [0, 0.05) is 68.7 Å². The monoisotopic (exact) mass is 558 g/mol. The molecule has 5 heterocycles. The van der Waals surface area contributed by atoms with Gasteiger partial charge in [0.1, 0.15) is 11.6 Å². The molecular weight excluding hydrogens is 520 g/mol. The second-order valence-electron chi connectivity index (χ2n) is 10.7. The van der Waals surface area contributed by atoms with Crippen molar-refractivity contribution in [2.24, 2.45) is 0 Å². The van der Waals surface area contributed by atoms with E-state index in [-0.39, 0.29) is 12.2 Å². The van der Waals surface area contributed by atoms with Crippen molar-refractivity contribution in [2.75, 3.05) is 62.8 Å². The van der Waals surface area contributed by atoms with Crippen LogP contribution in [0, 0.1) is 0 Å². The Morgan fingerprint density at radius 1 is 1.02 bits per heavy atom. The molecule has 0 bridgehead atoms. The normalized spacial score (nSPS) is 19.6. The Hall–Kier alpha value is -3.80. The molecule has 2 aliphatic rings. The van der Waals surface area contributed by atoms with Gasteiger partial charge in [-0.05, 0) is 44.2 Å². The number of hydrogen-bond donors (Lipinski definition) is 2. The van der Waals surface area contributed by atoms with Gasteiger partial charge in [-0.15, -0.1) is 0 Å². The number of imidazole rings is 1. The van der Waals surface area contributed by atoms with E-state index in [2.05, 4.69) is 63.2 Å². The standard InChI is InChI=1S/C30H38N8O3/c1-20-17-38(18-21(2)41-20)30-35-28-25(29(36-30)37-10-12-40-13-11-37)5-6-26(34-28)22-4-7-27(39-3)23(14-22)15-31-9-8-24-16-32-19-33-24/h4-7,14,16,19-21,31H,8-13,15,17-18H2,1-3H3,(H,32,33). The van der Waals surface area contributed by atoms with E-state index < -0.39 is 0 Å². The van der Waals surface area contributed by atoms with Crippen molar-refractivity contribution in [2.45, 2.75) is 39.0 Å². The van der Waals surface area contributed by atoms with Gasteiger partial charge in [-0.2, -0.15) is 9.97 Å².